The number of carbonyl (C=O) groups is 6. The first-order valence-corrected chi connectivity index (χ1v) is 30.3. The molecule has 0 radical (unpaired) electrons. The lowest BCUT2D eigenvalue weighted by Crippen LogP contribution is -2.41. The Labute approximate surface area is 516 Å². The average Bonchev–Trinajstić information content (AvgIpc) is 3.01. The van der Waals surface area contributed by atoms with Crippen LogP contribution in [0.3, 0.4) is 0 Å². The van der Waals surface area contributed by atoms with Crippen LogP contribution < -0.4 is 31.9 Å². The molecule has 0 atom stereocenters. The van der Waals surface area contributed by atoms with Crippen LogP contribution in [0.15, 0.2) is 123 Å². The summed E-state index contributed by atoms with van der Waals surface area (Å²) in [6, 6.07) is 21.2. The molecule has 7 N–H and O–H groups in total. The molecule has 0 bridgehead atoms. The number of nitrogens with one attached hydrogen (secondary N) is 6. The number of aliphatic hydroxyl groups excluding tert-OH is 1. The van der Waals surface area contributed by atoms with Gasteiger partial charge in [0, 0.05) is 125 Å². The maximum absolute atomic E-state index is 12.0. The van der Waals surface area contributed by atoms with Crippen molar-refractivity contribution in [3.05, 3.63) is 150 Å². The lowest BCUT2D eigenvalue weighted by atomic mass is 9.80. The van der Waals surface area contributed by atoms with Gasteiger partial charge in [-0.05, 0) is 107 Å². The molecule has 0 aliphatic heterocycles. The Kier molecular flexibility index (Phi) is 41.9. The smallest absolute Gasteiger partial charge is 0.226 e. The highest BCUT2D eigenvalue weighted by atomic mass is 16.3. The minimum Gasteiger partial charge on any atom is -0.395 e. The van der Waals surface area contributed by atoms with E-state index in [0.717, 1.165) is 40.8 Å². The monoisotopic (exact) mass is 1190 g/mol. The van der Waals surface area contributed by atoms with Crippen LogP contribution in [0.1, 0.15) is 164 Å². The lowest BCUT2D eigenvalue weighted by Gasteiger charge is -2.27. The van der Waals surface area contributed by atoms with Gasteiger partial charge in [0.1, 0.15) is 0 Å². The number of amides is 6. The van der Waals surface area contributed by atoms with Gasteiger partial charge in [0.15, 0.2) is 0 Å². The fraction of sp³-hybridized carbons (Fsp3) is 0.544. The fourth-order valence-electron chi connectivity index (χ4n) is 6.79. The van der Waals surface area contributed by atoms with Crippen molar-refractivity contribution in [3.8, 4) is 0 Å². The lowest BCUT2D eigenvalue weighted by molar-refractivity contribution is -0.132. The van der Waals surface area contributed by atoms with E-state index in [4.69, 9.17) is 5.11 Å². The van der Waals surface area contributed by atoms with Gasteiger partial charge < -0.3 is 37.0 Å². The molecule has 0 spiro atoms. The van der Waals surface area contributed by atoms with Gasteiger partial charge in [-0.15, -0.1) is 0 Å². The van der Waals surface area contributed by atoms with E-state index < -0.39 is 0 Å². The predicted octanol–water partition coefficient (Wildman–Crippen LogP) is 10.2. The number of nitrogens with zero attached hydrogens (tertiary/aromatic N) is 5. The third-order valence-corrected chi connectivity index (χ3v) is 13.3. The highest BCUT2D eigenvalue weighted by Crippen LogP contribution is 2.27. The molecule has 0 fully saturated rings. The van der Waals surface area contributed by atoms with E-state index in [2.05, 4.69) is 84.5 Å². The van der Waals surface area contributed by atoms with Gasteiger partial charge in [-0.25, -0.2) is 0 Å². The molecule has 86 heavy (non-hydrogen) atoms. The van der Waals surface area contributed by atoms with Crippen molar-refractivity contribution in [2.24, 2.45) is 46.3 Å². The summed E-state index contributed by atoms with van der Waals surface area (Å²) in [6.07, 6.45) is 19.8. The average molecular weight is 1190 g/mol. The molecule has 5 aromatic heterocycles. The quantitative estimate of drug-likeness (QED) is 0.0273. The van der Waals surface area contributed by atoms with Crippen LogP contribution in [-0.4, -0.2) is 91.7 Å². The van der Waals surface area contributed by atoms with Crippen LogP contribution in [0.25, 0.3) is 0 Å². The van der Waals surface area contributed by atoms with E-state index in [-0.39, 0.29) is 52.9 Å². The SMILES string of the molecule is CC(C)C(C)(C)C(=O)NCCc1cccnc1.CC(C)C(C)(C)C(=O)NCc1cccnc1.CC(C)CC(=O)NCCO.CC(C)CC(=O)NCCc1cccnc1.CC(C)CC(=O)NCc1ccccn1.CC(C)CC(=O)NCc1cccnc1. The maximum Gasteiger partial charge on any atom is 0.226 e. The molecule has 5 rings (SSSR count). The van der Waals surface area contributed by atoms with Gasteiger partial charge in [-0.1, -0.05) is 141 Å². The number of carbonyl (C=O) groups excluding carboxylic acids is 6. The first-order chi connectivity index (χ1) is 40.6. The molecule has 5 aromatic rings. The second-order valence-corrected chi connectivity index (χ2v) is 24.3. The van der Waals surface area contributed by atoms with Gasteiger partial charge in [0.25, 0.3) is 0 Å². The largest absolute Gasteiger partial charge is 0.395 e. The van der Waals surface area contributed by atoms with Crippen molar-refractivity contribution in [1.82, 2.24) is 56.8 Å². The third-order valence-electron chi connectivity index (χ3n) is 13.3. The minimum absolute atomic E-state index is 0.0176. The zero-order valence-corrected chi connectivity index (χ0v) is 54.8. The predicted molar refractivity (Wildman–Crippen MR) is 345 cm³/mol. The van der Waals surface area contributed by atoms with Crippen LogP contribution >= 0.6 is 0 Å². The van der Waals surface area contributed by atoms with E-state index in [1.54, 1.807) is 43.4 Å². The summed E-state index contributed by atoms with van der Waals surface area (Å²) < 4.78 is 0. The topological polar surface area (TPSA) is 259 Å². The van der Waals surface area contributed by atoms with Crippen LogP contribution in [0.5, 0.6) is 0 Å². The number of aliphatic hydroxyl groups is 1. The minimum atomic E-state index is -0.331. The summed E-state index contributed by atoms with van der Waals surface area (Å²) >= 11 is 0. The highest BCUT2D eigenvalue weighted by molar-refractivity contribution is 5.82. The van der Waals surface area contributed by atoms with Crippen molar-refractivity contribution in [1.29, 1.82) is 0 Å². The van der Waals surface area contributed by atoms with E-state index in [1.807, 2.05) is 162 Å². The Hall–Kier alpha value is -7.47. The zero-order valence-electron chi connectivity index (χ0n) is 54.8. The summed E-state index contributed by atoms with van der Waals surface area (Å²) in [4.78, 5) is 88.8. The number of hydrogen-bond donors (Lipinski definition) is 7. The second kappa shape index (κ2) is 45.8. The van der Waals surface area contributed by atoms with Crippen LogP contribution in [0, 0.1) is 46.3 Å². The Morgan fingerprint density at radius 1 is 0.395 bits per heavy atom. The molecular weight excluding hydrogens is 1080 g/mol. The molecule has 0 aliphatic rings. The molecule has 0 saturated heterocycles. The molecule has 0 aliphatic carbocycles. The Morgan fingerprint density at radius 3 is 1.07 bits per heavy atom. The summed E-state index contributed by atoms with van der Waals surface area (Å²) in [5.74, 6) is 2.82. The van der Waals surface area contributed by atoms with Crippen LogP contribution in [0.4, 0.5) is 0 Å². The van der Waals surface area contributed by atoms with Gasteiger partial charge in [-0.2, -0.15) is 0 Å². The van der Waals surface area contributed by atoms with E-state index in [1.165, 1.54) is 0 Å². The van der Waals surface area contributed by atoms with Crippen LogP contribution in [-0.2, 0) is 61.2 Å². The fourth-order valence-corrected chi connectivity index (χ4v) is 6.79. The summed E-state index contributed by atoms with van der Waals surface area (Å²) in [5, 5.41) is 25.4. The van der Waals surface area contributed by atoms with E-state index in [0.29, 0.717) is 100 Å². The number of aromatic nitrogens is 5. The molecular formula is C68H107N11O7. The zero-order chi connectivity index (χ0) is 64.9. The van der Waals surface area contributed by atoms with Gasteiger partial charge in [-0.3, -0.25) is 53.7 Å². The van der Waals surface area contributed by atoms with Crippen molar-refractivity contribution < 1.29 is 33.9 Å². The standard InChI is InChI=1S/C14H22N2O.C13H20N2O.C12H18N2O.2C11H16N2O.C7H15NO2/c1-11(2)14(3,4)13(17)16-9-7-12-6-5-8-15-10-12;1-10(2)13(3,4)12(16)15-9-11-6-5-7-14-8-11;1-10(2)8-12(15)14-7-5-11-4-3-6-13-9-11;1-9(2)6-11(14)13-8-10-4-3-5-12-7-10;1-9(2)7-11(14)13-8-10-5-3-4-6-12-10;1-6(2)5-7(10)8-3-4-9/h5-6,8,10-11H,7,9H2,1-4H3,(H,16,17);5-8,10H,9H2,1-4H3,(H,15,16);3-4,6,9-10H,5,7-8H2,1-2H3,(H,14,15);3-5,7,9H,6,8H2,1-2H3,(H,13,14);3-6,9H,7-8H2,1-2H3,(H,13,14);6,9H,3-5H2,1-2H3,(H,8,10). The molecule has 18 nitrogen and oxygen atoms in total. The summed E-state index contributed by atoms with van der Waals surface area (Å²) in [5.41, 5.74) is 4.61. The number of rotatable bonds is 26. The normalized spacial score (nSPS) is 10.7. The number of pyridine rings is 5. The first-order valence-electron chi connectivity index (χ1n) is 30.3. The Morgan fingerprint density at radius 2 is 0.733 bits per heavy atom. The van der Waals surface area contributed by atoms with Gasteiger partial charge in [0.2, 0.25) is 35.4 Å². The van der Waals surface area contributed by atoms with E-state index in [9.17, 15) is 28.8 Å². The maximum atomic E-state index is 12.0. The van der Waals surface area contributed by atoms with Gasteiger partial charge >= 0.3 is 0 Å². The van der Waals surface area contributed by atoms with Crippen molar-refractivity contribution >= 4 is 35.4 Å². The molecule has 0 aromatic carbocycles. The van der Waals surface area contributed by atoms with Crippen LogP contribution in [0.2, 0.25) is 0 Å². The molecule has 0 unspecified atom stereocenters. The third kappa shape index (κ3) is 40.7. The second-order valence-electron chi connectivity index (χ2n) is 24.3. The number of hydrogen-bond acceptors (Lipinski definition) is 12. The summed E-state index contributed by atoms with van der Waals surface area (Å²) in [6.45, 7) is 35.7. The van der Waals surface area contributed by atoms with Crippen molar-refractivity contribution in [2.75, 3.05) is 26.2 Å². The molecule has 476 valence electrons. The van der Waals surface area contributed by atoms with Crippen molar-refractivity contribution in [2.45, 2.75) is 169 Å². The van der Waals surface area contributed by atoms with E-state index >= 15 is 0 Å². The molecule has 18 heteroatoms. The van der Waals surface area contributed by atoms with Gasteiger partial charge in [0.05, 0.1) is 18.8 Å². The Bertz CT molecular complexity index is 2510. The molecule has 6 amide bonds. The molecule has 0 saturated carbocycles. The Balaban J connectivity index is 0.00000101. The highest BCUT2D eigenvalue weighted by Gasteiger charge is 2.31. The molecule has 5 heterocycles. The summed E-state index contributed by atoms with van der Waals surface area (Å²) in [7, 11) is 0. The van der Waals surface area contributed by atoms with Crippen molar-refractivity contribution in [3.63, 3.8) is 0 Å². The first kappa shape index (κ1) is 78.5.